The van der Waals surface area contributed by atoms with Gasteiger partial charge in [-0.2, -0.15) is 0 Å². The van der Waals surface area contributed by atoms with E-state index in [4.69, 9.17) is 0 Å². The summed E-state index contributed by atoms with van der Waals surface area (Å²) in [6.45, 7) is 6.51. The number of benzene rings is 3. The van der Waals surface area contributed by atoms with Gasteiger partial charge in [-0.1, -0.05) is 112 Å². The van der Waals surface area contributed by atoms with Crippen molar-refractivity contribution in [3.8, 4) is 11.1 Å². The van der Waals surface area contributed by atoms with E-state index in [0.29, 0.717) is 5.92 Å². The molecular weight excluding hydrogens is 276 g/mol. The van der Waals surface area contributed by atoms with Crippen molar-refractivity contribution < 1.29 is 0 Å². The summed E-state index contributed by atoms with van der Waals surface area (Å²) in [5.74, 6) is 0.432. The maximum absolute atomic E-state index is 2.26. The average Bonchev–Trinajstić information content (AvgIpc) is 2.63. The van der Waals surface area contributed by atoms with E-state index in [1.54, 1.807) is 0 Å². The Morgan fingerprint density at radius 1 is 0.565 bits per heavy atom. The normalized spacial score (nSPS) is 11.3. The average molecular weight is 302 g/mol. The fraction of sp³-hybridized carbons (Fsp3) is 0.217. The maximum atomic E-state index is 2.26. The predicted molar refractivity (Wildman–Crippen MR) is 102 cm³/mol. The molecule has 3 rings (SSSR count). The van der Waals surface area contributed by atoms with Crippen LogP contribution in [-0.2, 0) is 0 Å². The SMILES string of the molecule is CC(c1ccccc1)c1ccc(-c2ccccc2)cc1.CCC. The Kier molecular flexibility index (Phi) is 6.62. The minimum atomic E-state index is 0.432. The first-order valence-electron chi connectivity index (χ1n) is 8.46. The molecular formula is C23H26. The van der Waals surface area contributed by atoms with Crippen molar-refractivity contribution in [3.05, 3.63) is 96.1 Å². The summed E-state index contributed by atoms with van der Waals surface area (Å²) < 4.78 is 0. The van der Waals surface area contributed by atoms with Crippen LogP contribution in [0.2, 0.25) is 0 Å². The Labute approximate surface area is 140 Å². The molecule has 0 aromatic heterocycles. The Balaban J connectivity index is 0.000000595. The Morgan fingerprint density at radius 2 is 0.957 bits per heavy atom. The molecule has 0 aliphatic carbocycles. The van der Waals surface area contributed by atoms with Crippen LogP contribution in [0.5, 0.6) is 0 Å². The van der Waals surface area contributed by atoms with Crippen LogP contribution in [0.25, 0.3) is 11.1 Å². The van der Waals surface area contributed by atoms with E-state index < -0.39 is 0 Å². The summed E-state index contributed by atoms with van der Waals surface area (Å²) in [7, 11) is 0. The highest BCUT2D eigenvalue weighted by molar-refractivity contribution is 5.63. The largest absolute Gasteiger partial charge is 0.0656 e. The van der Waals surface area contributed by atoms with Gasteiger partial charge in [-0.3, -0.25) is 0 Å². The van der Waals surface area contributed by atoms with E-state index in [2.05, 4.69) is 106 Å². The quantitative estimate of drug-likeness (QED) is 0.492. The second-order valence-corrected chi connectivity index (χ2v) is 5.83. The third kappa shape index (κ3) is 4.82. The molecule has 23 heavy (non-hydrogen) atoms. The van der Waals surface area contributed by atoms with Gasteiger partial charge in [-0.25, -0.2) is 0 Å². The Morgan fingerprint density at radius 3 is 1.48 bits per heavy atom. The lowest BCUT2D eigenvalue weighted by Crippen LogP contribution is -1.95. The van der Waals surface area contributed by atoms with Crippen LogP contribution in [0, 0.1) is 0 Å². The Hall–Kier alpha value is -2.34. The number of hydrogen-bond acceptors (Lipinski definition) is 0. The zero-order valence-corrected chi connectivity index (χ0v) is 14.4. The van der Waals surface area contributed by atoms with Crippen LogP contribution in [0.15, 0.2) is 84.9 Å². The smallest absolute Gasteiger partial charge is 0.00610 e. The van der Waals surface area contributed by atoms with Crippen molar-refractivity contribution in [1.82, 2.24) is 0 Å². The lowest BCUT2D eigenvalue weighted by atomic mass is 9.92. The van der Waals surface area contributed by atoms with Crippen LogP contribution in [0.3, 0.4) is 0 Å². The molecule has 0 N–H and O–H groups in total. The van der Waals surface area contributed by atoms with E-state index in [1.807, 2.05) is 0 Å². The van der Waals surface area contributed by atoms with E-state index >= 15 is 0 Å². The molecule has 0 nitrogen and oxygen atoms in total. The van der Waals surface area contributed by atoms with Crippen molar-refractivity contribution in [2.24, 2.45) is 0 Å². The van der Waals surface area contributed by atoms with Crippen molar-refractivity contribution in [2.45, 2.75) is 33.1 Å². The summed E-state index contributed by atoms with van der Waals surface area (Å²) in [5, 5.41) is 0. The maximum Gasteiger partial charge on any atom is 0.00610 e. The standard InChI is InChI=1S/C20H18.C3H8/c1-16(17-8-4-2-5-9-17)18-12-14-20(15-13-18)19-10-6-3-7-11-19;1-3-2/h2-16H,1H3;3H2,1-2H3. The van der Waals surface area contributed by atoms with Crippen molar-refractivity contribution >= 4 is 0 Å². The molecule has 0 saturated carbocycles. The molecule has 0 amide bonds. The minimum absolute atomic E-state index is 0.432. The van der Waals surface area contributed by atoms with E-state index in [0.717, 1.165) is 0 Å². The van der Waals surface area contributed by atoms with E-state index in [9.17, 15) is 0 Å². The van der Waals surface area contributed by atoms with Crippen molar-refractivity contribution in [3.63, 3.8) is 0 Å². The van der Waals surface area contributed by atoms with Crippen molar-refractivity contribution in [1.29, 1.82) is 0 Å². The molecule has 0 heterocycles. The van der Waals surface area contributed by atoms with Gasteiger partial charge in [0.25, 0.3) is 0 Å². The first kappa shape index (κ1) is 17.0. The van der Waals surface area contributed by atoms with Crippen molar-refractivity contribution in [2.75, 3.05) is 0 Å². The molecule has 0 aliphatic heterocycles. The fourth-order valence-corrected chi connectivity index (χ4v) is 2.53. The molecule has 0 aliphatic rings. The van der Waals surface area contributed by atoms with Gasteiger partial charge in [0.2, 0.25) is 0 Å². The minimum Gasteiger partial charge on any atom is -0.0656 e. The van der Waals surface area contributed by atoms with Gasteiger partial charge in [0.1, 0.15) is 0 Å². The molecule has 118 valence electrons. The monoisotopic (exact) mass is 302 g/mol. The van der Waals surface area contributed by atoms with Gasteiger partial charge < -0.3 is 0 Å². The summed E-state index contributed by atoms with van der Waals surface area (Å²) in [6.07, 6.45) is 1.25. The summed E-state index contributed by atoms with van der Waals surface area (Å²) in [6, 6.07) is 30.1. The summed E-state index contributed by atoms with van der Waals surface area (Å²) in [5.41, 5.74) is 5.26. The fourth-order valence-electron chi connectivity index (χ4n) is 2.53. The second kappa shape index (κ2) is 8.95. The zero-order chi connectivity index (χ0) is 16.5. The molecule has 0 fully saturated rings. The zero-order valence-electron chi connectivity index (χ0n) is 14.4. The molecule has 0 saturated heterocycles. The van der Waals surface area contributed by atoms with Gasteiger partial charge in [0.05, 0.1) is 0 Å². The van der Waals surface area contributed by atoms with Crippen LogP contribution in [0.1, 0.15) is 44.2 Å². The van der Waals surface area contributed by atoms with Gasteiger partial charge in [0, 0.05) is 5.92 Å². The predicted octanol–water partition coefficient (Wildman–Crippen LogP) is 6.92. The molecule has 0 radical (unpaired) electrons. The number of rotatable bonds is 3. The van der Waals surface area contributed by atoms with Gasteiger partial charge in [0.15, 0.2) is 0 Å². The van der Waals surface area contributed by atoms with Crippen LogP contribution in [0.4, 0.5) is 0 Å². The molecule has 0 bridgehead atoms. The highest BCUT2D eigenvalue weighted by Gasteiger charge is 2.07. The van der Waals surface area contributed by atoms with Gasteiger partial charge in [-0.15, -0.1) is 0 Å². The number of hydrogen-bond donors (Lipinski definition) is 0. The van der Waals surface area contributed by atoms with Gasteiger partial charge in [-0.05, 0) is 22.3 Å². The van der Waals surface area contributed by atoms with Crippen LogP contribution < -0.4 is 0 Å². The molecule has 0 spiro atoms. The van der Waals surface area contributed by atoms with E-state index in [-0.39, 0.29) is 0 Å². The molecule has 0 heteroatoms. The van der Waals surface area contributed by atoms with E-state index in [1.165, 1.54) is 28.7 Å². The third-order valence-electron chi connectivity index (χ3n) is 3.82. The Bertz CT molecular complexity index is 666. The topological polar surface area (TPSA) is 0 Å². The molecule has 1 atom stereocenters. The second-order valence-electron chi connectivity index (χ2n) is 5.83. The summed E-state index contributed by atoms with van der Waals surface area (Å²) >= 11 is 0. The lowest BCUT2D eigenvalue weighted by molar-refractivity contribution is 0.923. The highest BCUT2D eigenvalue weighted by Crippen LogP contribution is 2.26. The highest BCUT2D eigenvalue weighted by atomic mass is 14.1. The summed E-state index contributed by atoms with van der Waals surface area (Å²) in [4.78, 5) is 0. The molecule has 3 aromatic carbocycles. The molecule has 1 unspecified atom stereocenters. The first-order valence-corrected chi connectivity index (χ1v) is 8.46. The third-order valence-corrected chi connectivity index (χ3v) is 3.82. The van der Waals surface area contributed by atoms with Crippen LogP contribution >= 0.6 is 0 Å². The molecule has 3 aromatic rings. The van der Waals surface area contributed by atoms with Gasteiger partial charge >= 0.3 is 0 Å². The first-order chi connectivity index (χ1) is 11.3. The van der Waals surface area contributed by atoms with Crippen LogP contribution in [-0.4, -0.2) is 0 Å². The lowest BCUT2D eigenvalue weighted by Gasteiger charge is -2.13.